The normalized spacial score (nSPS) is 16.4. The molecule has 1 aromatic rings. The third kappa shape index (κ3) is 3.96. The van der Waals surface area contributed by atoms with Gasteiger partial charge in [0.2, 0.25) is 0 Å². The topological polar surface area (TPSA) is 27.3 Å². The van der Waals surface area contributed by atoms with E-state index in [1.54, 1.807) is 0 Å². The second kappa shape index (κ2) is 6.16. The van der Waals surface area contributed by atoms with Crippen molar-refractivity contribution in [1.29, 1.82) is 0 Å². The Morgan fingerprint density at radius 3 is 2.56 bits per heavy atom. The number of benzene rings is 1. The van der Waals surface area contributed by atoms with Crippen molar-refractivity contribution >= 4 is 17.3 Å². The van der Waals surface area contributed by atoms with Crippen molar-refractivity contribution in [3.63, 3.8) is 0 Å². The quantitative estimate of drug-likeness (QED) is 0.794. The standard InChI is InChI=1S/C14H21N3S/c1-17(2)13(11-6-4-3-5-7-11)10-15-14(18)16-12-8-9-12/h3-7,12-13H,8-10H2,1-2H3,(H2,15,16,18). The van der Waals surface area contributed by atoms with Crippen LogP contribution < -0.4 is 10.6 Å². The molecule has 2 rings (SSSR count). The largest absolute Gasteiger partial charge is 0.361 e. The van der Waals surface area contributed by atoms with Crippen LogP contribution >= 0.6 is 12.2 Å². The zero-order valence-corrected chi connectivity index (χ0v) is 11.8. The molecular formula is C14H21N3S. The van der Waals surface area contributed by atoms with E-state index < -0.39 is 0 Å². The minimum atomic E-state index is 0.338. The van der Waals surface area contributed by atoms with Crippen LogP contribution in [0.2, 0.25) is 0 Å². The fraction of sp³-hybridized carbons (Fsp3) is 0.500. The van der Waals surface area contributed by atoms with Crippen LogP contribution in [0, 0.1) is 0 Å². The van der Waals surface area contributed by atoms with E-state index in [1.165, 1.54) is 18.4 Å². The van der Waals surface area contributed by atoms with Crippen LogP contribution in [0.25, 0.3) is 0 Å². The SMILES string of the molecule is CN(C)C(CNC(=S)NC1CC1)c1ccccc1. The third-order valence-electron chi connectivity index (χ3n) is 3.18. The first-order chi connectivity index (χ1) is 8.66. The summed E-state index contributed by atoms with van der Waals surface area (Å²) in [5.74, 6) is 0. The Balaban J connectivity index is 1.88. The first-order valence-corrected chi connectivity index (χ1v) is 6.83. The van der Waals surface area contributed by atoms with Crippen molar-refractivity contribution < 1.29 is 0 Å². The number of nitrogens with zero attached hydrogens (tertiary/aromatic N) is 1. The molecule has 4 heteroatoms. The summed E-state index contributed by atoms with van der Waals surface area (Å²) >= 11 is 5.28. The lowest BCUT2D eigenvalue weighted by molar-refractivity contribution is 0.298. The molecule has 0 amide bonds. The van der Waals surface area contributed by atoms with Gasteiger partial charge in [-0.2, -0.15) is 0 Å². The van der Waals surface area contributed by atoms with Gasteiger partial charge in [0.15, 0.2) is 5.11 Å². The Hall–Kier alpha value is -1.13. The fourth-order valence-electron chi connectivity index (χ4n) is 1.93. The summed E-state index contributed by atoms with van der Waals surface area (Å²) in [4.78, 5) is 2.21. The van der Waals surface area contributed by atoms with Gasteiger partial charge in [0.1, 0.15) is 0 Å². The highest BCUT2D eigenvalue weighted by Gasteiger charge is 2.22. The fourth-order valence-corrected chi connectivity index (χ4v) is 2.18. The molecule has 1 unspecified atom stereocenters. The van der Waals surface area contributed by atoms with E-state index in [1.807, 2.05) is 6.07 Å². The van der Waals surface area contributed by atoms with E-state index in [9.17, 15) is 0 Å². The maximum absolute atomic E-state index is 5.28. The minimum Gasteiger partial charge on any atom is -0.361 e. The van der Waals surface area contributed by atoms with Crippen LogP contribution in [0.4, 0.5) is 0 Å². The highest BCUT2D eigenvalue weighted by atomic mass is 32.1. The predicted octanol–water partition coefficient (Wildman–Crippen LogP) is 1.92. The summed E-state index contributed by atoms with van der Waals surface area (Å²) in [6.45, 7) is 0.829. The van der Waals surface area contributed by atoms with Crippen LogP contribution in [0.3, 0.4) is 0 Å². The van der Waals surface area contributed by atoms with E-state index in [-0.39, 0.29) is 0 Å². The lowest BCUT2D eigenvalue weighted by atomic mass is 10.1. The van der Waals surface area contributed by atoms with Gasteiger partial charge in [-0.25, -0.2) is 0 Å². The van der Waals surface area contributed by atoms with Gasteiger partial charge in [-0.15, -0.1) is 0 Å². The highest BCUT2D eigenvalue weighted by molar-refractivity contribution is 7.80. The molecule has 0 spiro atoms. The van der Waals surface area contributed by atoms with Gasteiger partial charge >= 0.3 is 0 Å². The van der Waals surface area contributed by atoms with E-state index in [4.69, 9.17) is 12.2 Å². The van der Waals surface area contributed by atoms with Gasteiger partial charge in [-0.05, 0) is 44.7 Å². The van der Waals surface area contributed by atoms with Gasteiger partial charge in [0.05, 0.1) is 6.04 Å². The van der Waals surface area contributed by atoms with E-state index in [0.717, 1.165) is 11.7 Å². The number of hydrogen-bond acceptors (Lipinski definition) is 2. The summed E-state index contributed by atoms with van der Waals surface area (Å²) in [5, 5.41) is 7.39. The smallest absolute Gasteiger partial charge is 0.166 e. The maximum Gasteiger partial charge on any atom is 0.166 e. The summed E-state index contributed by atoms with van der Waals surface area (Å²) < 4.78 is 0. The van der Waals surface area contributed by atoms with E-state index in [0.29, 0.717) is 12.1 Å². The van der Waals surface area contributed by atoms with Crippen molar-refractivity contribution in [2.75, 3.05) is 20.6 Å². The number of likely N-dealkylation sites (N-methyl/N-ethyl adjacent to an activating group) is 1. The van der Waals surface area contributed by atoms with Crippen LogP contribution in [-0.2, 0) is 0 Å². The Kier molecular flexibility index (Phi) is 4.55. The van der Waals surface area contributed by atoms with Crippen LogP contribution in [0.15, 0.2) is 30.3 Å². The lowest BCUT2D eigenvalue weighted by Crippen LogP contribution is -2.41. The molecule has 98 valence electrons. The first-order valence-electron chi connectivity index (χ1n) is 6.42. The van der Waals surface area contributed by atoms with Crippen molar-refractivity contribution in [1.82, 2.24) is 15.5 Å². The van der Waals surface area contributed by atoms with Crippen molar-refractivity contribution in [3.8, 4) is 0 Å². The zero-order chi connectivity index (χ0) is 13.0. The first kappa shape index (κ1) is 13.3. The van der Waals surface area contributed by atoms with Crippen molar-refractivity contribution in [2.24, 2.45) is 0 Å². The van der Waals surface area contributed by atoms with E-state index in [2.05, 4.69) is 53.9 Å². The molecule has 1 saturated carbocycles. The van der Waals surface area contributed by atoms with Gasteiger partial charge < -0.3 is 15.5 Å². The molecule has 2 N–H and O–H groups in total. The van der Waals surface area contributed by atoms with Crippen LogP contribution in [0.5, 0.6) is 0 Å². The number of rotatable bonds is 5. The average molecular weight is 263 g/mol. The Morgan fingerprint density at radius 1 is 1.33 bits per heavy atom. The maximum atomic E-state index is 5.28. The molecule has 1 aromatic carbocycles. The van der Waals surface area contributed by atoms with Gasteiger partial charge in [0, 0.05) is 12.6 Å². The summed E-state index contributed by atoms with van der Waals surface area (Å²) in [5.41, 5.74) is 1.31. The van der Waals surface area contributed by atoms with Crippen molar-refractivity contribution in [3.05, 3.63) is 35.9 Å². The molecule has 3 nitrogen and oxygen atoms in total. The molecule has 1 atom stereocenters. The number of hydrogen-bond donors (Lipinski definition) is 2. The molecule has 0 radical (unpaired) electrons. The van der Waals surface area contributed by atoms with Gasteiger partial charge in [-0.3, -0.25) is 0 Å². The number of thiocarbonyl (C=S) groups is 1. The van der Waals surface area contributed by atoms with Crippen LogP contribution in [-0.4, -0.2) is 36.7 Å². The summed E-state index contributed by atoms with van der Waals surface area (Å²) in [6.07, 6.45) is 2.50. The minimum absolute atomic E-state index is 0.338. The molecule has 0 bridgehead atoms. The Labute approximate surface area is 115 Å². The van der Waals surface area contributed by atoms with Gasteiger partial charge in [-0.1, -0.05) is 30.3 Å². The second-order valence-electron chi connectivity index (χ2n) is 5.02. The van der Waals surface area contributed by atoms with E-state index >= 15 is 0 Å². The van der Waals surface area contributed by atoms with Crippen molar-refractivity contribution in [2.45, 2.75) is 24.9 Å². The average Bonchev–Trinajstić information content (AvgIpc) is 3.14. The molecule has 0 aliphatic heterocycles. The molecule has 0 aromatic heterocycles. The monoisotopic (exact) mass is 263 g/mol. The van der Waals surface area contributed by atoms with Gasteiger partial charge in [0.25, 0.3) is 0 Å². The molecule has 1 fully saturated rings. The lowest BCUT2D eigenvalue weighted by Gasteiger charge is -2.25. The summed E-state index contributed by atoms with van der Waals surface area (Å²) in [6, 6.07) is 11.5. The zero-order valence-electron chi connectivity index (χ0n) is 11.0. The molecule has 0 heterocycles. The van der Waals surface area contributed by atoms with Crippen LogP contribution in [0.1, 0.15) is 24.4 Å². The molecular weight excluding hydrogens is 242 g/mol. The molecule has 1 aliphatic carbocycles. The molecule has 0 saturated heterocycles. The summed E-state index contributed by atoms with van der Waals surface area (Å²) in [7, 11) is 4.19. The Morgan fingerprint density at radius 2 is 2.00 bits per heavy atom. The molecule has 18 heavy (non-hydrogen) atoms. The number of nitrogens with one attached hydrogen (secondary N) is 2. The highest BCUT2D eigenvalue weighted by Crippen LogP contribution is 2.19. The molecule has 1 aliphatic rings. The predicted molar refractivity (Wildman–Crippen MR) is 79.6 cm³/mol. The second-order valence-corrected chi connectivity index (χ2v) is 5.43. The third-order valence-corrected chi connectivity index (χ3v) is 3.44. The Bertz CT molecular complexity index is 387.